The minimum absolute atomic E-state index is 0.0763. The second-order valence-corrected chi connectivity index (χ2v) is 9.09. The summed E-state index contributed by atoms with van der Waals surface area (Å²) in [4.78, 5) is 40.0. The van der Waals surface area contributed by atoms with E-state index in [1.54, 1.807) is 13.8 Å². The van der Waals surface area contributed by atoms with Crippen molar-refractivity contribution in [1.82, 2.24) is 14.7 Å². The van der Waals surface area contributed by atoms with E-state index in [1.165, 1.54) is 35.6 Å². The second kappa shape index (κ2) is 8.60. The van der Waals surface area contributed by atoms with Gasteiger partial charge in [-0.25, -0.2) is 14.3 Å². The highest BCUT2D eigenvalue weighted by Crippen LogP contribution is 2.51. The van der Waals surface area contributed by atoms with E-state index in [4.69, 9.17) is 26.8 Å². The number of nitrogens with two attached hydrogens (primary N) is 1. The van der Waals surface area contributed by atoms with E-state index in [0.717, 1.165) is 0 Å². The Hall–Kier alpha value is -3.24. The molecule has 33 heavy (non-hydrogen) atoms. The highest BCUT2D eigenvalue weighted by atomic mass is 35.5. The van der Waals surface area contributed by atoms with Crippen LogP contribution in [0.25, 0.3) is 5.69 Å². The number of methoxy groups -OCH3 is 2. The first-order chi connectivity index (χ1) is 15.7. The lowest BCUT2D eigenvalue weighted by molar-refractivity contribution is -0.137. The van der Waals surface area contributed by atoms with Gasteiger partial charge in [0, 0.05) is 5.56 Å². The molecule has 2 aliphatic rings. The lowest BCUT2D eigenvalue weighted by Gasteiger charge is -2.32. The predicted molar refractivity (Wildman–Crippen MR) is 122 cm³/mol. The minimum atomic E-state index is -1.05. The summed E-state index contributed by atoms with van der Waals surface area (Å²) in [5, 5.41) is 4.52. The van der Waals surface area contributed by atoms with Crippen molar-refractivity contribution in [2.45, 2.75) is 25.0 Å². The first kappa shape index (κ1) is 22.9. The maximum Gasteiger partial charge on any atom is 0.338 e. The molecule has 4 rings (SSSR count). The first-order valence-electron chi connectivity index (χ1n) is 9.94. The fraction of sp³-hybridized carbons (Fsp3) is 0.273. The number of halogens is 1. The summed E-state index contributed by atoms with van der Waals surface area (Å²) in [7, 11) is 2.42. The Balaban J connectivity index is 2.04. The first-order valence-corrected chi connectivity index (χ1v) is 11.2. The maximum atomic E-state index is 13.1. The largest absolute Gasteiger partial charge is 0.466 e. The van der Waals surface area contributed by atoms with Gasteiger partial charge in [-0.1, -0.05) is 41.6 Å². The van der Waals surface area contributed by atoms with Crippen LogP contribution in [0.3, 0.4) is 0 Å². The molecule has 0 bridgehead atoms. The van der Waals surface area contributed by atoms with Gasteiger partial charge in [0.05, 0.1) is 52.9 Å². The Labute approximate surface area is 199 Å². The van der Waals surface area contributed by atoms with Crippen molar-refractivity contribution in [1.29, 1.82) is 0 Å². The average molecular weight is 489 g/mol. The molecule has 1 amide bonds. The number of carbonyl (C=O) groups excluding carboxylic acids is 3. The number of aryl methyl sites for hydroxylation is 1. The smallest absolute Gasteiger partial charge is 0.338 e. The van der Waals surface area contributed by atoms with Gasteiger partial charge in [-0.2, -0.15) is 5.10 Å². The monoisotopic (exact) mass is 488 g/mol. The van der Waals surface area contributed by atoms with Crippen LogP contribution in [0.1, 0.15) is 24.1 Å². The molecular weight excluding hydrogens is 468 g/mol. The number of hydrogen-bond donors (Lipinski definition) is 1. The van der Waals surface area contributed by atoms with Crippen LogP contribution in [0.5, 0.6) is 0 Å². The molecule has 0 radical (unpaired) electrons. The molecule has 2 unspecified atom stereocenters. The summed E-state index contributed by atoms with van der Waals surface area (Å²) in [6, 6.07) is 9.18. The van der Waals surface area contributed by atoms with E-state index in [9.17, 15) is 14.4 Å². The zero-order valence-corrected chi connectivity index (χ0v) is 19.9. The summed E-state index contributed by atoms with van der Waals surface area (Å²) in [5.41, 5.74) is 7.91. The molecule has 2 aromatic rings. The molecule has 0 saturated carbocycles. The summed E-state index contributed by atoms with van der Waals surface area (Å²) < 4.78 is 11.6. The number of thioether (sulfide) groups is 1. The molecule has 0 spiro atoms. The molecule has 172 valence electrons. The van der Waals surface area contributed by atoms with Gasteiger partial charge in [0.25, 0.3) is 0 Å². The SMILES string of the molecule is COC(=O)C1=C(N)N2C(=O)C(C)SC2=C(C(=O)OC)C1c1c(C)nn(-c2ccccc2)c1Cl. The van der Waals surface area contributed by atoms with Crippen molar-refractivity contribution in [3.63, 3.8) is 0 Å². The lowest BCUT2D eigenvalue weighted by Crippen LogP contribution is -2.40. The quantitative estimate of drug-likeness (QED) is 0.653. The number of esters is 2. The Kier molecular flexibility index (Phi) is 5.98. The van der Waals surface area contributed by atoms with Gasteiger partial charge in [-0.05, 0) is 26.0 Å². The van der Waals surface area contributed by atoms with Gasteiger partial charge in [-0.15, -0.1) is 0 Å². The van der Waals surface area contributed by atoms with Crippen LogP contribution in [0.4, 0.5) is 0 Å². The normalized spacial score (nSPS) is 20.3. The third-order valence-electron chi connectivity index (χ3n) is 5.53. The number of carbonyl (C=O) groups is 3. The molecule has 11 heteroatoms. The van der Waals surface area contributed by atoms with Crippen LogP contribution in [0, 0.1) is 6.92 Å². The molecule has 3 heterocycles. The number of para-hydroxylation sites is 1. The Bertz CT molecular complexity index is 1240. The van der Waals surface area contributed by atoms with Crippen molar-refractivity contribution in [2.24, 2.45) is 5.73 Å². The standard InChI is InChI=1S/C22H21ClN4O5S/c1-10-13(17(23)27(25-10)12-8-6-5-7-9-12)14-15(21(29)31-3)18(24)26-19(28)11(2)33-20(26)16(14)22(30)32-4/h5-9,11,14H,24H2,1-4H3. The van der Waals surface area contributed by atoms with Crippen LogP contribution in [-0.2, 0) is 23.9 Å². The van der Waals surface area contributed by atoms with Crippen molar-refractivity contribution in [2.75, 3.05) is 14.2 Å². The molecule has 0 aliphatic carbocycles. The van der Waals surface area contributed by atoms with Crippen molar-refractivity contribution >= 4 is 41.2 Å². The Morgan fingerprint density at radius 1 is 1.12 bits per heavy atom. The zero-order valence-electron chi connectivity index (χ0n) is 18.3. The summed E-state index contributed by atoms with van der Waals surface area (Å²) in [6.45, 7) is 3.41. The summed E-state index contributed by atoms with van der Waals surface area (Å²) in [5.74, 6) is -3.02. The maximum absolute atomic E-state index is 13.1. The number of rotatable bonds is 4. The minimum Gasteiger partial charge on any atom is -0.466 e. The number of hydrogen-bond acceptors (Lipinski definition) is 8. The molecule has 2 atom stereocenters. The molecule has 2 N–H and O–H groups in total. The Morgan fingerprint density at radius 3 is 2.33 bits per heavy atom. The van der Waals surface area contributed by atoms with E-state index in [0.29, 0.717) is 22.0 Å². The van der Waals surface area contributed by atoms with Crippen molar-refractivity contribution in [3.8, 4) is 5.69 Å². The lowest BCUT2D eigenvalue weighted by atomic mass is 9.82. The van der Waals surface area contributed by atoms with Gasteiger partial charge < -0.3 is 15.2 Å². The molecule has 1 aromatic heterocycles. The van der Waals surface area contributed by atoms with Gasteiger partial charge in [0.1, 0.15) is 11.0 Å². The molecule has 1 aromatic carbocycles. The van der Waals surface area contributed by atoms with Gasteiger partial charge in [-0.3, -0.25) is 9.69 Å². The Morgan fingerprint density at radius 2 is 1.73 bits per heavy atom. The van der Waals surface area contributed by atoms with E-state index in [2.05, 4.69) is 5.10 Å². The molecule has 1 saturated heterocycles. The predicted octanol–water partition coefficient (Wildman–Crippen LogP) is 2.62. The second-order valence-electron chi connectivity index (χ2n) is 7.40. The highest BCUT2D eigenvalue weighted by molar-refractivity contribution is 8.04. The fourth-order valence-corrected chi connectivity index (χ4v) is 5.56. The highest BCUT2D eigenvalue weighted by Gasteiger charge is 2.50. The van der Waals surface area contributed by atoms with Crippen LogP contribution >= 0.6 is 23.4 Å². The molecular formula is C22H21ClN4O5S. The van der Waals surface area contributed by atoms with E-state index in [-0.39, 0.29) is 28.0 Å². The van der Waals surface area contributed by atoms with E-state index < -0.39 is 23.1 Å². The average Bonchev–Trinajstić information content (AvgIpc) is 3.27. The topological polar surface area (TPSA) is 117 Å². The van der Waals surface area contributed by atoms with Crippen LogP contribution in [0.2, 0.25) is 5.15 Å². The van der Waals surface area contributed by atoms with Gasteiger partial charge in [0.15, 0.2) is 0 Å². The third kappa shape index (κ3) is 3.50. The molecule has 2 aliphatic heterocycles. The van der Waals surface area contributed by atoms with Crippen molar-refractivity contribution < 1.29 is 23.9 Å². The number of fused-ring (bicyclic) bond motifs is 1. The van der Waals surface area contributed by atoms with Gasteiger partial charge >= 0.3 is 11.9 Å². The number of nitrogens with zero attached hydrogens (tertiary/aromatic N) is 3. The zero-order chi connectivity index (χ0) is 24.0. The van der Waals surface area contributed by atoms with E-state index >= 15 is 0 Å². The van der Waals surface area contributed by atoms with E-state index in [1.807, 2.05) is 30.3 Å². The number of benzene rings is 1. The molecule has 9 nitrogen and oxygen atoms in total. The summed E-state index contributed by atoms with van der Waals surface area (Å²) in [6.07, 6.45) is 0. The van der Waals surface area contributed by atoms with Crippen LogP contribution in [-0.4, -0.2) is 52.0 Å². The van der Waals surface area contributed by atoms with Crippen LogP contribution in [0.15, 0.2) is 52.3 Å². The number of ether oxygens (including phenoxy) is 2. The van der Waals surface area contributed by atoms with Gasteiger partial charge in [0.2, 0.25) is 5.91 Å². The number of aromatic nitrogens is 2. The number of amides is 1. The van der Waals surface area contributed by atoms with Crippen LogP contribution < -0.4 is 5.73 Å². The fourth-order valence-electron chi connectivity index (χ4n) is 4.02. The third-order valence-corrected chi connectivity index (χ3v) is 7.08. The summed E-state index contributed by atoms with van der Waals surface area (Å²) >= 11 is 7.96. The van der Waals surface area contributed by atoms with Crippen molar-refractivity contribution in [3.05, 3.63) is 68.7 Å². The molecule has 1 fully saturated rings.